The maximum absolute atomic E-state index is 13.7. The highest BCUT2D eigenvalue weighted by atomic mass is 16.3. The van der Waals surface area contributed by atoms with E-state index in [0.717, 1.165) is 27.6 Å². The summed E-state index contributed by atoms with van der Waals surface area (Å²) in [6.07, 6.45) is 2.90. The average molecular weight is 611 g/mol. The van der Waals surface area contributed by atoms with E-state index in [9.17, 15) is 24.3 Å². The van der Waals surface area contributed by atoms with Crippen LogP contribution in [-0.4, -0.2) is 69.8 Å². The number of phenols is 1. The average Bonchev–Trinajstić information content (AvgIpc) is 3.70. The van der Waals surface area contributed by atoms with Crippen LogP contribution in [0.15, 0.2) is 85.1 Å². The summed E-state index contributed by atoms with van der Waals surface area (Å²) in [7, 11) is 0. The fourth-order valence-electron chi connectivity index (χ4n) is 5.75. The van der Waals surface area contributed by atoms with Crippen LogP contribution in [0.25, 0.3) is 10.9 Å². The predicted molar refractivity (Wildman–Crippen MR) is 170 cm³/mol. The molecule has 0 bridgehead atoms. The van der Waals surface area contributed by atoms with Gasteiger partial charge in [-0.15, -0.1) is 0 Å². The van der Waals surface area contributed by atoms with Crippen LogP contribution < -0.4 is 22.1 Å². The Labute approximate surface area is 261 Å². The number of nitrogens with zero attached hydrogens (tertiary/aromatic N) is 1. The van der Waals surface area contributed by atoms with Gasteiger partial charge < -0.3 is 37.1 Å². The summed E-state index contributed by atoms with van der Waals surface area (Å²) >= 11 is 0. The molecule has 45 heavy (non-hydrogen) atoms. The molecule has 234 valence electrons. The van der Waals surface area contributed by atoms with E-state index in [2.05, 4.69) is 15.6 Å². The Balaban J connectivity index is 1.27. The number of likely N-dealkylation sites (tertiary alicyclic amines) is 1. The number of aromatic amines is 1. The minimum atomic E-state index is -1.00. The number of hydrogen-bond acceptors (Lipinski definition) is 6. The lowest BCUT2D eigenvalue weighted by Crippen LogP contribution is -2.55. The molecular weight excluding hydrogens is 572 g/mol. The van der Waals surface area contributed by atoms with Crippen molar-refractivity contribution in [1.82, 2.24) is 20.5 Å². The number of aromatic nitrogens is 1. The molecule has 1 aliphatic rings. The number of carbonyl (C=O) groups excluding carboxylic acids is 4. The number of hydrogen-bond donors (Lipinski definition) is 6. The first-order valence-corrected chi connectivity index (χ1v) is 15.0. The van der Waals surface area contributed by atoms with Crippen molar-refractivity contribution in [2.24, 2.45) is 17.4 Å². The standard InChI is InChI=1S/C34H38N6O5/c35-27(16-22-10-12-25(41)13-11-22)34(45)40-15-14-23(20-40)32(43)39-30(18-24-19-37-28-9-5-4-8-26(24)28)33(44)38-29(31(36)42)17-21-6-2-1-3-7-21/h1-13,19,23,27,29-30,37,41H,14-18,20,35H2,(H2,36,42)(H,38,44)(H,39,43)/t23-,27-,29-,30-/m0/s1. The van der Waals surface area contributed by atoms with E-state index in [4.69, 9.17) is 11.5 Å². The molecule has 1 fully saturated rings. The van der Waals surface area contributed by atoms with E-state index >= 15 is 0 Å². The Morgan fingerprint density at radius 3 is 2.29 bits per heavy atom. The van der Waals surface area contributed by atoms with Gasteiger partial charge in [-0.2, -0.15) is 0 Å². The third kappa shape index (κ3) is 7.87. The summed E-state index contributed by atoms with van der Waals surface area (Å²) in [6.45, 7) is 0.535. The van der Waals surface area contributed by atoms with Crippen molar-refractivity contribution >= 4 is 34.5 Å². The van der Waals surface area contributed by atoms with Gasteiger partial charge in [0.2, 0.25) is 23.6 Å². The van der Waals surface area contributed by atoms with Gasteiger partial charge in [-0.1, -0.05) is 60.7 Å². The van der Waals surface area contributed by atoms with E-state index < -0.39 is 35.9 Å². The molecule has 1 aliphatic heterocycles. The number of amides is 4. The van der Waals surface area contributed by atoms with Gasteiger partial charge >= 0.3 is 0 Å². The van der Waals surface area contributed by atoms with Crippen LogP contribution in [-0.2, 0) is 38.4 Å². The summed E-state index contributed by atoms with van der Waals surface area (Å²) in [4.78, 5) is 57.4. The van der Waals surface area contributed by atoms with Crippen molar-refractivity contribution in [2.45, 2.75) is 43.8 Å². The molecule has 0 saturated carbocycles. The molecule has 1 aromatic heterocycles. The molecule has 4 atom stereocenters. The fourth-order valence-corrected chi connectivity index (χ4v) is 5.75. The molecule has 0 aliphatic carbocycles. The zero-order valence-corrected chi connectivity index (χ0v) is 24.8. The van der Waals surface area contributed by atoms with Gasteiger partial charge in [-0.05, 0) is 47.7 Å². The van der Waals surface area contributed by atoms with Crippen LogP contribution >= 0.6 is 0 Å². The van der Waals surface area contributed by atoms with E-state index in [0.29, 0.717) is 19.4 Å². The SMILES string of the molecule is NC(=O)[C@H](Cc1ccccc1)NC(=O)[C@H](Cc1c[nH]c2ccccc12)NC(=O)[C@H]1CCN(C(=O)[C@@H](N)Cc2ccc(O)cc2)C1. The summed E-state index contributed by atoms with van der Waals surface area (Å²) in [5.74, 6) is -2.25. The second-order valence-corrected chi connectivity index (χ2v) is 11.5. The smallest absolute Gasteiger partial charge is 0.243 e. The van der Waals surface area contributed by atoms with Crippen LogP contribution in [0.1, 0.15) is 23.1 Å². The number of phenolic OH excluding ortho intramolecular Hbond substituents is 1. The Hall–Kier alpha value is -5.16. The minimum Gasteiger partial charge on any atom is -0.508 e. The van der Waals surface area contributed by atoms with Gasteiger partial charge in [0.05, 0.1) is 12.0 Å². The van der Waals surface area contributed by atoms with E-state index in [1.54, 1.807) is 35.4 Å². The summed E-state index contributed by atoms with van der Waals surface area (Å²) in [5, 5.41) is 16.1. The first-order chi connectivity index (χ1) is 21.7. The molecular formula is C34H38N6O5. The van der Waals surface area contributed by atoms with Crippen LogP contribution in [0.3, 0.4) is 0 Å². The number of carbonyl (C=O) groups is 4. The molecule has 11 heteroatoms. The number of para-hydroxylation sites is 1. The monoisotopic (exact) mass is 610 g/mol. The zero-order chi connectivity index (χ0) is 31.9. The highest BCUT2D eigenvalue weighted by Gasteiger charge is 2.35. The van der Waals surface area contributed by atoms with E-state index in [1.807, 2.05) is 54.6 Å². The number of fused-ring (bicyclic) bond motifs is 1. The molecule has 0 unspecified atom stereocenters. The molecule has 11 nitrogen and oxygen atoms in total. The second-order valence-electron chi connectivity index (χ2n) is 11.5. The normalized spacial score (nSPS) is 16.6. The Bertz CT molecular complexity index is 1650. The van der Waals surface area contributed by atoms with E-state index in [-0.39, 0.29) is 37.0 Å². The van der Waals surface area contributed by atoms with Gasteiger partial charge in [0.25, 0.3) is 0 Å². The number of nitrogens with one attached hydrogen (secondary N) is 3. The summed E-state index contributed by atoms with van der Waals surface area (Å²) in [5.41, 5.74) is 15.2. The van der Waals surface area contributed by atoms with Crippen molar-refractivity contribution < 1.29 is 24.3 Å². The van der Waals surface area contributed by atoms with Gasteiger partial charge in [-0.3, -0.25) is 19.2 Å². The lowest BCUT2D eigenvalue weighted by molar-refractivity contribution is -0.133. The molecule has 2 heterocycles. The van der Waals surface area contributed by atoms with Crippen molar-refractivity contribution in [3.05, 3.63) is 102 Å². The first-order valence-electron chi connectivity index (χ1n) is 15.0. The van der Waals surface area contributed by atoms with Crippen molar-refractivity contribution in [3.8, 4) is 5.75 Å². The number of nitrogens with two attached hydrogens (primary N) is 2. The van der Waals surface area contributed by atoms with E-state index in [1.165, 1.54) is 0 Å². The third-order valence-electron chi connectivity index (χ3n) is 8.25. The maximum Gasteiger partial charge on any atom is 0.243 e. The molecule has 0 spiro atoms. The Morgan fingerprint density at radius 2 is 1.56 bits per heavy atom. The predicted octanol–water partition coefficient (Wildman–Crippen LogP) is 1.53. The molecule has 4 amide bonds. The number of H-pyrrole nitrogens is 1. The molecule has 4 aromatic rings. The van der Waals surface area contributed by atoms with Crippen molar-refractivity contribution in [2.75, 3.05) is 13.1 Å². The number of aromatic hydroxyl groups is 1. The number of rotatable bonds is 12. The van der Waals surface area contributed by atoms with Crippen LogP contribution in [0, 0.1) is 5.92 Å². The maximum atomic E-state index is 13.7. The second kappa shape index (κ2) is 14.1. The highest BCUT2D eigenvalue weighted by Crippen LogP contribution is 2.22. The first kappa shape index (κ1) is 31.3. The molecule has 1 saturated heterocycles. The fraction of sp³-hybridized carbons (Fsp3) is 0.294. The lowest BCUT2D eigenvalue weighted by atomic mass is 10.0. The largest absolute Gasteiger partial charge is 0.508 e. The quantitative estimate of drug-likeness (QED) is 0.141. The van der Waals surface area contributed by atoms with Gasteiger partial charge in [0.15, 0.2) is 0 Å². The lowest BCUT2D eigenvalue weighted by Gasteiger charge is -2.24. The Morgan fingerprint density at radius 1 is 0.867 bits per heavy atom. The molecule has 5 rings (SSSR count). The van der Waals surface area contributed by atoms with Crippen LogP contribution in [0.2, 0.25) is 0 Å². The minimum absolute atomic E-state index is 0.130. The summed E-state index contributed by atoms with van der Waals surface area (Å²) < 4.78 is 0. The molecule has 0 radical (unpaired) electrons. The Kier molecular flexibility index (Phi) is 9.79. The molecule has 3 aromatic carbocycles. The topological polar surface area (TPSA) is 184 Å². The highest BCUT2D eigenvalue weighted by molar-refractivity contribution is 5.93. The van der Waals surface area contributed by atoms with Crippen molar-refractivity contribution in [1.29, 1.82) is 0 Å². The summed E-state index contributed by atoms with van der Waals surface area (Å²) in [6, 6.07) is 20.6. The number of benzene rings is 3. The van der Waals surface area contributed by atoms with Gasteiger partial charge in [0, 0.05) is 43.0 Å². The van der Waals surface area contributed by atoms with Gasteiger partial charge in [0.1, 0.15) is 17.8 Å². The zero-order valence-electron chi connectivity index (χ0n) is 24.8. The number of primary amides is 1. The van der Waals surface area contributed by atoms with Crippen LogP contribution in [0.5, 0.6) is 5.75 Å². The van der Waals surface area contributed by atoms with Crippen LogP contribution in [0.4, 0.5) is 0 Å². The van der Waals surface area contributed by atoms with Crippen molar-refractivity contribution in [3.63, 3.8) is 0 Å². The van der Waals surface area contributed by atoms with Gasteiger partial charge in [-0.25, -0.2) is 0 Å². The molecule has 8 N–H and O–H groups in total. The third-order valence-corrected chi connectivity index (χ3v) is 8.25.